The Labute approximate surface area is 148 Å². The maximum absolute atomic E-state index is 12.7. The summed E-state index contributed by atoms with van der Waals surface area (Å²) in [6.45, 7) is 4.00. The normalized spacial score (nSPS) is 23.4. The molecule has 0 amide bonds. The van der Waals surface area contributed by atoms with Crippen molar-refractivity contribution >= 4 is 22.6 Å². The number of para-hydroxylation sites is 1. The highest BCUT2D eigenvalue weighted by Crippen LogP contribution is 2.44. The largest absolute Gasteiger partial charge is 0.284 e. The van der Waals surface area contributed by atoms with Crippen molar-refractivity contribution < 1.29 is 9.63 Å². The van der Waals surface area contributed by atoms with Crippen LogP contribution in [0.4, 0.5) is 5.69 Å². The number of thioether (sulfide) groups is 1. The zero-order valence-corrected chi connectivity index (χ0v) is 15.0. The summed E-state index contributed by atoms with van der Waals surface area (Å²) in [5.41, 5.74) is 1.35. The summed E-state index contributed by atoms with van der Waals surface area (Å²) >= 11 is 1.38. The van der Waals surface area contributed by atoms with E-state index in [4.69, 9.17) is 4.84 Å². The van der Waals surface area contributed by atoms with Gasteiger partial charge in [-0.05, 0) is 31.0 Å². The molecule has 0 saturated carbocycles. The second kappa shape index (κ2) is 7.41. The van der Waals surface area contributed by atoms with Crippen molar-refractivity contribution in [3.05, 3.63) is 66.2 Å². The van der Waals surface area contributed by atoms with Gasteiger partial charge in [-0.3, -0.25) is 9.63 Å². The van der Waals surface area contributed by atoms with Gasteiger partial charge in [-0.25, -0.2) is 5.06 Å². The lowest BCUT2D eigenvalue weighted by molar-refractivity contribution is -0.128. The molecule has 1 saturated heterocycles. The van der Waals surface area contributed by atoms with Crippen LogP contribution in [0.2, 0.25) is 0 Å². The van der Waals surface area contributed by atoms with Crippen LogP contribution in [-0.2, 0) is 9.63 Å². The monoisotopic (exact) mass is 341 g/mol. The first-order chi connectivity index (χ1) is 11.6. The molecular formula is C20H23NO2S. The molecule has 1 fully saturated rings. The highest BCUT2D eigenvalue weighted by Gasteiger charge is 2.48. The van der Waals surface area contributed by atoms with Crippen molar-refractivity contribution in [2.45, 2.75) is 38.3 Å². The van der Waals surface area contributed by atoms with E-state index in [9.17, 15) is 4.79 Å². The van der Waals surface area contributed by atoms with Crippen molar-refractivity contribution in [2.24, 2.45) is 0 Å². The summed E-state index contributed by atoms with van der Waals surface area (Å²) in [5, 5.41) is 2.02. The third-order valence-electron chi connectivity index (χ3n) is 4.23. The molecule has 2 aromatic rings. The van der Waals surface area contributed by atoms with Gasteiger partial charge in [0.2, 0.25) is 5.12 Å². The van der Waals surface area contributed by atoms with Crippen molar-refractivity contribution in [3.63, 3.8) is 0 Å². The summed E-state index contributed by atoms with van der Waals surface area (Å²) in [6.07, 6.45) is 1.64. The van der Waals surface area contributed by atoms with Gasteiger partial charge >= 0.3 is 0 Å². The second-order valence-corrected chi connectivity index (χ2v) is 7.32. The standard InChI is InChI=1S/C20H23NO2S/c1-3-14-24-19(22)20(2)15-18(16-10-6-4-7-11-16)21(23-20)17-12-8-5-9-13-17/h4-13,18H,3,14-15H2,1-2H3/t18-,20-/m1/s1. The molecule has 2 aromatic carbocycles. The number of anilines is 1. The molecular weight excluding hydrogens is 318 g/mol. The van der Waals surface area contributed by atoms with Gasteiger partial charge in [0.15, 0.2) is 5.60 Å². The summed E-state index contributed by atoms with van der Waals surface area (Å²) in [6, 6.07) is 20.3. The third kappa shape index (κ3) is 3.50. The first kappa shape index (κ1) is 17.1. The van der Waals surface area contributed by atoms with E-state index in [0.29, 0.717) is 6.42 Å². The number of rotatable bonds is 5. The molecule has 1 aliphatic rings. The molecule has 1 heterocycles. The minimum Gasteiger partial charge on any atom is -0.284 e. The molecule has 0 unspecified atom stereocenters. The summed E-state index contributed by atoms with van der Waals surface area (Å²) in [4.78, 5) is 18.9. The quantitative estimate of drug-likeness (QED) is 0.765. The second-order valence-electron chi connectivity index (χ2n) is 6.25. The van der Waals surface area contributed by atoms with Gasteiger partial charge < -0.3 is 0 Å². The van der Waals surface area contributed by atoms with Crippen LogP contribution in [0.5, 0.6) is 0 Å². The average molecular weight is 341 g/mol. The lowest BCUT2D eigenvalue weighted by Gasteiger charge is -2.26. The molecule has 1 aliphatic heterocycles. The molecule has 2 atom stereocenters. The van der Waals surface area contributed by atoms with Crippen LogP contribution in [0, 0.1) is 0 Å². The van der Waals surface area contributed by atoms with Crippen LogP contribution in [0.15, 0.2) is 60.7 Å². The average Bonchev–Trinajstić information content (AvgIpc) is 3.00. The minimum atomic E-state index is -0.795. The summed E-state index contributed by atoms with van der Waals surface area (Å²) in [7, 11) is 0. The van der Waals surface area contributed by atoms with Crippen LogP contribution in [-0.4, -0.2) is 16.5 Å². The molecule has 0 bridgehead atoms. The van der Waals surface area contributed by atoms with Crippen molar-refractivity contribution in [1.29, 1.82) is 0 Å². The Kier molecular flexibility index (Phi) is 5.27. The highest BCUT2D eigenvalue weighted by molar-refractivity contribution is 8.13. The number of hydrogen-bond acceptors (Lipinski definition) is 4. The predicted octanol–water partition coefficient (Wildman–Crippen LogP) is 5.00. The zero-order valence-electron chi connectivity index (χ0n) is 14.1. The van der Waals surface area contributed by atoms with Crippen LogP contribution < -0.4 is 5.06 Å². The number of nitrogens with zero attached hydrogens (tertiary/aromatic N) is 1. The fourth-order valence-corrected chi connectivity index (χ4v) is 3.79. The smallest absolute Gasteiger partial charge is 0.223 e. The van der Waals surface area contributed by atoms with E-state index in [1.165, 1.54) is 17.3 Å². The van der Waals surface area contributed by atoms with Gasteiger partial charge in [-0.2, -0.15) is 0 Å². The lowest BCUT2D eigenvalue weighted by atomic mass is 9.94. The maximum Gasteiger partial charge on any atom is 0.223 e. The van der Waals surface area contributed by atoms with Crippen molar-refractivity contribution in [1.82, 2.24) is 0 Å². The number of benzene rings is 2. The molecule has 0 aliphatic carbocycles. The van der Waals surface area contributed by atoms with Gasteiger partial charge in [-0.1, -0.05) is 67.2 Å². The van der Waals surface area contributed by atoms with E-state index < -0.39 is 5.60 Å². The summed E-state index contributed by atoms with van der Waals surface area (Å²) < 4.78 is 0. The minimum absolute atomic E-state index is 0.0322. The van der Waals surface area contributed by atoms with Crippen molar-refractivity contribution in [3.8, 4) is 0 Å². The molecule has 126 valence electrons. The number of carbonyl (C=O) groups excluding carboxylic acids is 1. The van der Waals surface area contributed by atoms with Crippen molar-refractivity contribution in [2.75, 3.05) is 10.8 Å². The zero-order chi connectivity index (χ0) is 17.0. The van der Waals surface area contributed by atoms with E-state index in [1.807, 2.05) is 60.5 Å². The first-order valence-electron chi connectivity index (χ1n) is 8.39. The van der Waals surface area contributed by atoms with E-state index in [2.05, 4.69) is 19.1 Å². The van der Waals surface area contributed by atoms with Crippen LogP contribution in [0.1, 0.15) is 38.3 Å². The molecule has 3 rings (SSSR count). The SMILES string of the molecule is CCCSC(=O)[C@@]1(C)C[C@H](c2ccccc2)N(c2ccccc2)O1. The first-order valence-corrected chi connectivity index (χ1v) is 9.38. The third-order valence-corrected chi connectivity index (χ3v) is 5.54. The van der Waals surface area contributed by atoms with Crippen LogP contribution >= 0.6 is 11.8 Å². The summed E-state index contributed by atoms with van der Waals surface area (Å²) in [5.74, 6) is 0.832. The molecule has 0 radical (unpaired) electrons. The lowest BCUT2D eigenvalue weighted by Crippen LogP contribution is -2.34. The van der Waals surface area contributed by atoms with Gasteiger partial charge in [-0.15, -0.1) is 0 Å². The van der Waals surface area contributed by atoms with Gasteiger partial charge in [0.05, 0.1) is 11.7 Å². The Bertz CT molecular complexity index is 627. The van der Waals surface area contributed by atoms with E-state index >= 15 is 0 Å². The number of carbonyl (C=O) groups is 1. The fourth-order valence-electron chi connectivity index (χ4n) is 2.97. The van der Waals surface area contributed by atoms with Crippen LogP contribution in [0.25, 0.3) is 0 Å². The Morgan fingerprint density at radius 1 is 1.17 bits per heavy atom. The topological polar surface area (TPSA) is 29.5 Å². The van der Waals surface area contributed by atoms with E-state index in [1.54, 1.807) is 0 Å². The van der Waals surface area contributed by atoms with E-state index in [0.717, 1.165) is 17.9 Å². The molecule has 3 nitrogen and oxygen atoms in total. The fraction of sp³-hybridized carbons (Fsp3) is 0.350. The van der Waals surface area contributed by atoms with Gasteiger partial charge in [0, 0.05) is 12.2 Å². The number of hydroxylamine groups is 1. The molecule has 0 spiro atoms. The Hall–Kier alpha value is -1.78. The molecule has 0 N–H and O–H groups in total. The molecule has 4 heteroatoms. The Morgan fingerprint density at radius 3 is 2.42 bits per heavy atom. The molecule has 24 heavy (non-hydrogen) atoms. The Morgan fingerprint density at radius 2 is 1.79 bits per heavy atom. The molecule has 0 aromatic heterocycles. The number of hydrogen-bond donors (Lipinski definition) is 0. The van der Waals surface area contributed by atoms with Gasteiger partial charge in [0.25, 0.3) is 0 Å². The van der Waals surface area contributed by atoms with Crippen LogP contribution in [0.3, 0.4) is 0 Å². The van der Waals surface area contributed by atoms with Gasteiger partial charge in [0.1, 0.15) is 0 Å². The highest BCUT2D eigenvalue weighted by atomic mass is 32.2. The Balaban J connectivity index is 1.91. The maximum atomic E-state index is 12.7. The van der Waals surface area contributed by atoms with E-state index in [-0.39, 0.29) is 11.2 Å². The predicted molar refractivity (Wildman–Crippen MR) is 100.0 cm³/mol.